The lowest BCUT2D eigenvalue weighted by molar-refractivity contribution is -0.132. The normalized spacial score (nSPS) is 20.6. The molecule has 2 saturated carbocycles. The molecule has 2 aliphatic rings. The largest absolute Gasteiger partial charge is 0.389 e. The van der Waals surface area contributed by atoms with Gasteiger partial charge in [0, 0.05) is 6.04 Å². The molecule has 2 amide bonds. The monoisotopic (exact) mass is 630 g/mol. The summed E-state index contributed by atoms with van der Waals surface area (Å²) in [5, 5.41) is 28.3. The molecule has 0 spiro atoms. The first-order chi connectivity index (χ1) is 19.2. The number of rotatable bonds is 14. The second-order valence-electron chi connectivity index (χ2n) is 12.8. The third-order valence-electron chi connectivity index (χ3n) is 9.05. The maximum absolute atomic E-state index is 13.6. The van der Waals surface area contributed by atoms with E-state index < -0.39 is 42.3 Å². The summed E-state index contributed by atoms with van der Waals surface area (Å²) in [4.78, 5) is 26.5. The quantitative estimate of drug-likeness (QED) is 0.183. The molecule has 0 aromatic heterocycles. The summed E-state index contributed by atoms with van der Waals surface area (Å²) in [6, 6.07) is 6.73. The predicted octanol–water partition coefficient (Wildman–Crippen LogP) is 4.02. The van der Waals surface area contributed by atoms with Gasteiger partial charge in [0.1, 0.15) is 12.1 Å². The van der Waals surface area contributed by atoms with Crippen molar-refractivity contribution in [2.24, 2.45) is 29.2 Å². The summed E-state index contributed by atoms with van der Waals surface area (Å²) in [5.74, 6) is -0.127. The lowest BCUT2D eigenvalue weighted by Gasteiger charge is -2.36. The number of amides is 2. The van der Waals surface area contributed by atoms with Crippen LogP contribution in [-0.2, 0) is 16.0 Å². The molecule has 0 heterocycles. The molecule has 0 saturated heterocycles. The summed E-state index contributed by atoms with van der Waals surface area (Å²) in [7, 11) is 0. The Labute approximate surface area is 265 Å². The van der Waals surface area contributed by atoms with Crippen LogP contribution in [0.2, 0.25) is 0 Å². The van der Waals surface area contributed by atoms with Gasteiger partial charge in [-0.05, 0) is 42.6 Å². The Morgan fingerprint density at radius 3 is 1.83 bits per heavy atom. The first-order valence-corrected chi connectivity index (χ1v) is 15.7. The van der Waals surface area contributed by atoms with Gasteiger partial charge in [0.05, 0.1) is 18.2 Å². The number of hydrogen-bond donors (Lipinski definition) is 6. The minimum Gasteiger partial charge on any atom is -0.389 e. The molecule has 242 valence electrons. The van der Waals surface area contributed by atoms with Crippen LogP contribution in [0, 0.1) is 17.8 Å². The van der Waals surface area contributed by atoms with E-state index in [-0.39, 0.29) is 36.6 Å². The molecule has 6 atom stereocenters. The van der Waals surface area contributed by atoms with Crippen molar-refractivity contribution in [1.82, 2.24) is 10.6 Å². The fraction of sp³-hybridized carbons (Fsp3) is 0.750. The number of benzene rings is 1. The topological polar surface area (TPSA) is 151 Å². The number of hydrogen-bond acceptors (Lipinski definition) is 6. The van der Waals surface area contributed by atoms with Crippen molar-refractivity contribution in [3.05, 3.63) is 35.9 Å². The Morgan fingerprint density at radius 2 is 1.31 bits per heavy atom. The molecule has 0 radical (unpaired) electrons. The van der Waals surface area contributed by atoms with Gasteiger partial charge in [-0.1, -0.05) is 108 Å². The summed E-state index contributed by atoms with van der Waals surface area (Å²) >= 11 is 0. The Balaban J connectivity index is 0.00000441. The Kier molecular flexibility index (Phi) is 18.2. The highest BCUT2D eigenvalue weighted by molar-refractivity contribution is 5.90. The number of nitrogens with one attached hydrogen (secondary N) is 2. The SMILES string of the molecule is CC(C)[C@H](NC(=O)[C@@H](N)Cc1ccccc1)C(=O)N[C@@H](CC1CCCCC1)[C@@H](O)[C@H](O)[C@@H](N)CC1CCCCC1.Cl.Cl. The highest BCUT2D eigenvalue weighted by Gasteiger charge is 2.36. The van der Waals surface area contributed by atoms with Crippen molar-refractivity contribution in [2.75, 3.05) is 0 Å². The van der Waals surface area contributed by atoms with Gasteiger partial charge in [0.15, 0.2) is 0 Å². The smallest absolute Gasteiger partial charge is 0.243 e. The zero-order valence-corrected chi connectivity index (χ0v) is 27.1. The minimum absolute atomic E-state index is 0. The van der Waals surface area contributed by atoms with Crippen LogP contribution in [0.4, 0.5) is 0 Å². The molecule has 10 heteroatoms. The molecule has 3 rings (SSSR count). The van der Waals surface area contributed by atoms with E-state index in [4.69, 9.17) is 11.5 Å². The summed E-state index contributed by atoms with van der Waals surface area (Å²) < 4.78 is 0. The number of carbonyl (C=O) groups is 2. The summed E-state index contributed by atoms with van der Waals surface area (Å²) in [6.07, 6.45) is 10.7. The molecule has 0 bridgehead atoms. The summed E-state index contributed by atoms with van der Waals surface area (Å²) in [5.41, 5.74) is 13.6. The van der Waals surface area contributed by atoms with Crippen LogP contribution in [0.1, 0.15) is 96.5 Å². The van der Waals surface area contributed by atoms with Crippen LogP contribution in [0.25, 0.3) is 0 Å². The molecular formula is C32H56Cl2N4O4. The molecule has 2 fully saturated rings. The van der Waals surface area contributed by atoms with Crippen molar-refractivity contribution in [3.8, 4) is 0 Å². The molecule has 0 aliphatic heterocycles. The number of aliphatic hydroxyl groups excluding tert-OH is 2. The highest BCUT2D eigenvalue weighted by Crippen LogP contribution is 2.30. The van der Waals surface area contributed by atoms with Crippen molar-refractivity contribution >= 4 is 36.6 Å². The number of carbonyl (C=O) groups excluding carboxylic acids is 2. The van der Waals surface area contributed by atoms with Gasteiger partial charge in [0.2, 0.25) is 11.8 Å². The standard InChI is InChI=1S/C32H54N4O4.2ClH/c1-21(2)28(36-31(39)26(34)19-23-14-8-4-9-15-23)32(40)35-27(20-24-16-10-5-11-17-24)30(38)29(37)25(33)18-22-12-6-3-7-13-22;;/h4,8-9,14-15,21-22,24-30,37-38H,3,5-7,10-13,16-20,33-34H2,1-2H3,(H,35,40)(H,36,39);2*1H/t25-,26-,27-,28-,29+,30+;;/m0../s1. The second-order valence-corrected chi connectivity index (χ2v) is 12.8. The molecule has 0 unspecified atom stereocenters. The van der Waals surface area contributed by atoms with Crippen LogP contribution in [0.5, 0.6) is 0 Å². The van der Waals surface area contributed by atoms with E-state index >= 15 is 0 Å². The van der Waals surface area contributed by atoms with E-state index in [0.29, 0.717) is 31.1 Å². The lowest BCUT2D eigenvalue weighted by atomic mass is 9.80. The maximum Gasteiger partial charge on any atom is 0.243 e. The first kappa shape index (κ1) is 38.6. The van der Waals surface area contributed by atoms with Crippen LogP contribution in [-0.4, -0.2) is 58.4 Å². The van der Waals surface area contributed by atoms with Crippen LogP contribution in [0.3, 0.4) is 0 Å². The molecular weight excluding hydrogens is 575 g/mol. The lowest BCUT2D eigenvalue weighted by Crippen LogP contribution is -2.60. The molecule has 8 N–H and O–H groups in total. The third-order valence-corrected chi connectivity index (χ3v) is 9.05. The third kappa shape index (κ3) is 12.3. The van der Waals surface area contributed by atoms with Crippen LogP contribution >= 0.6 is 24.8 Å². The maximum atomic E-state index is 13.6. The van der Waals surface area contributed by atoms with Gasteiger partial charge in [-0.2, -0.15) is 0 Å². The van der Waals surface area contributed by atoms with Crippen LogP contribution < -0.4 is 22.1 Å². The molecule has 1 aromatic carbocycles. The van der Waals surface area contributed by atoms with E-state index in [1.54, 1.807) is 0 Å². The number of aliphatic hydroxyl groups is 2. The fourth-order valence-electron chi connectivity index (χ4n) is 6.53. The first-order valence-electron chi connectivity index (χ1n) is 15.7. The van der Waals surface area contributed by atoms with Crippen LogP contribution in [0.15, 0.2) is 30.3 Å². The van der Waals surface area contributed by atoms with Gasteiger partial charge in [-0.15, -0.1) is 24.8 Å². The predicted molar refractivity (Wildman–Crippen MR) is 174 cm³/mol. The zero-order valence-electron chi connectivity index (χ0n) is 25.5. The molecule has 1 aromatic rings. The van der Waals surface area contributed by atoms with Gasteiger partial charge >= 0.3 is 0 Å². The van der Waals surface area contributed by atoms with Gasteiger partial charge in [-0.25, -0.2) is 0 Å². The zero-order chi connectivity index (χ0) is 29.1. The minimum atomic E-state index is -1.19. The molecule has 8 nitrogen and oxygen atoms in total. The molecule has 2 aliphatic carbocycles. The van der Waals surface area contributed by atoms with Crippen molar-refractivity contribution < 1.29 is 19.8 Å². The van der Waals surface area contributed by atoms with Crippen molar-refractivity contribution in [2.45, 2.75) is 134 Å². The average Bonchev–Trinajstić information content (AvgIpc) is 2.95. The number of nitrogens with two attached hydrogens (primary N) is 2. The fourth-order valence-corrected chi connectivity index (χ4v) is 6.53. The van der Waals surface area contributed by atoms with E-state index in [9.17, 15) is 19.8 Å². The molecule has 42 heavy (non-hydrogen) atoms. The van der Waals surface area contributed by atoms with Crippen molar-refractivity contribution in [1.29, 1.82) is 0 Å². The Bertz CT molecular complexity index is 898. The highest BCUT2D eigenvalue weighted by atomic mass is 35.5. The van der Waals surface area contributed by atoms with E-state index in [1.165, 1.54) is 25.7 Å². The second kappa shape index (κ2) is 19.8. The van der Waals surface area contributed by atoms with E-state index in [2.05, 4.69) is 10.6 Å². The van der Waals surface area contributed by atoms with Gasteiger partial charge in [-0.3, -0.25) is 9.59 Å². The average molecular weight is 632 g/mol. The van der Waals surface area contributed by atoms with Crippen molar-refractivity contribution in [3.63, 3.8) is 0 Å². The Morgan fingerprint density at radius 1 is 0.786 bits per heavy atom. The van der Waals surface area contributed by atoms with Gasteiger partial charge in [0.25, 0.3) is 0 Å². The van der Waals surface area contributed by atoms with E-state index in [1.807, 2.05) is 44.2 Å². The Hall–Kier alpha value is -1.42. The van der Waals surface area contributed by atoms with E-state index in [0.717, 1.165) is 44.1 Å². The number of halogens is 2. The summed E-state index contributed by atoms with van der Waals surface area (Å²) in [6.45, 7) is 3.74. The van der Waals surface area contributed by atoms with Gasteiger partial charge < -0.3 is 32.3 Å².